The standard InChI is InChI=1S/C15H19N6O9P/c22-8-3-1-2-7(8)19-13-10-14(17-5-16-13)20(6-18-10)15-12-11(29-31(25,26)30-12)9(28-15)4-27-21(23)24/h5-9,11-12,15,22H,1-4H2,(H,25,26)(H,16,17,19)/t7-,8+,9+,11+,12+,15+/m0/s1. The number of hydrogen-bond donors (Lipinski definition) is 3. The molecule has 4 heterocycles. The molecule has 1 saturated carbocycles. The monoisotopic (exact) mass is 458 g/mol. The van der Waals surface area contributed by atoms with Gasteiger partial charge >= 0.3 is 7.82 Å². The molecule has 0 spiro atoms. The van der Waals surface area contributed by atoms with Crippen molar-refractivity contribution in [2.24, 2.45) is 0 Å². The molecule has 0 aromatic carbocycles. The Labute approximate surface area is 174 Å². The van der Waals surface area contributed by atoms with Gasteiger partial charge in [0, 0.05) is 0 Å². The van der Waals surface area contributed by atoms with E-state index in [1.807, 2.05) is 0 Å². The Bertz CT molecular complexity index is 1050. The summed E-state index contributed by atoms with van der Waals surface area (Å²) >= 11 is 0. The highest BCUT2D eigenvalue weighted by Gasteiger charge is 2.58. The molecule has 0 bridgehead atoms. The van der Waals surface area contributed by atoms with Gasteiger partial charge in [-0.1, -0.05) is 0 Å². The van der Waals surface area contributed by atoms with Gasteiger partial charge in [-0.05, 0) is 19.3 Å². The number of nitrogens with zero attached hydrogens (tertiary/aromatic N) is 5. The number of aliphatic hydroxyl groups excluding tert-OH is 1. The number of nitrogens with one attached hydrogen (secondary N) is 1. The molecule has 0 amide bonds. The summed E-state index contributed by atoms with van der Waals surface area (Å²) in [5.74, 6) is 0.425. The van der Waals surface area contributed by atoms with Crippen molar-refractivity contribution in [3.8, 4) is 0 Å². The fraction of sp³-hybridized carbons (Fsp3) is 0.667. The van der Waals surface area contributed by atoms with Crippen LogP contribution in [0.25, 0.3) is 11.2 Å². The number of fused-ring (bicyclic) bond motifs is 2. The summed E-state index contributed by atoms with van der Waals surface area (Å²) in [5.41, 5.74) is 0.741. The largest absolute Gasteiger partial charge is 0.473 e. The van der Waals surface area contributed by atoms with Crippen molar-refractivity contribution in [2.45, 2.75) is 55.9 Å². The number of aliphatic hydroxyl groups is 1. The second kappa shape index (κ2) is 7.62. The van der Waals surface area contributed by atoms with Crippen molar-refractivity contribution in [1.82, 2.24) is 19.5 Å². The third kappa shape index (κ3) is 3.73. The van der Waals surface area contributed by atoms with Crippen LogP contribution in [0.3, 0.4) is 0 Å². The average molecular weight is 458 g/mol. The number of phosphoric acid groups is 1. The average Bonchev–Trinajstić information content (AvgIpc) is 3.44. The highest BCUT2D eigenvalue weighted by atomic mass is 31.2. The van der Waals surface area contributed by atoms with E-state index in [9.17, 15) is 24.7 Å². The van der Waals surface area contributed by atoms with Gasteiger partial charge in [-0.15, -0.1) is 10.1 Å². The minimum Gasteiger partial charge on any atom is -0.391 e. The van der Waals surface area contributed by atoms with E-state index in [2.05, 4.69) is 25.1 Å². The fourth-order valence-electron chi connectivity index (χ4n) is 4.20. The molecule has 3 N–H and O–H groups in total. The van der Waals surface area contributed by atoms with E-state index in [1.165, 1.54) is 17.2 Å². The number of phosphoric ester groups is 1. The van der Waals surface area contributed by atoms with Crippen LogP contribution in [0.4, 0.5) is 5.82 Å². The van der Waals surface area contributed by atoms with Crippen molar-refractivity contribution in [1.29, 1.82) is 0 Å². The first-order valence-corrected chi connectivity index (χ1v) is 11.1. The van der Waals surface area contributed by atoms with Crippen LogP contribution in [-0.2, 0) is 23.2 Å². The van der Waals surface area contributed by atoms with Crippen LogP contribution < -0.4 is 5.32 Å². The van der Waals surface area contributed by atoms with Crippen LogP contribution in [0.1, 0.15) is 25.5 Å². The van der Waals surface area contributed by atoms with E-state index < -0.39 is 50.2 Å². The summed E-state index contributed by atoms with van der Waals surface area (Å²) in [6.45, 7) is -0.512. The normalized spacial score (nSPS) is 37.2. The van der Waals surface area contributed by atoms with E-state index in [0.29, 0.717) is 23.4 Å². The molecule has 2 aromatic rings. The van der Waals surface area contributed by atoms with Crippen LogP contribution in [0, 0.1) is 10.1 Å². The fourth-order valence-corrected chi connectivity index (χ4v) is 5.35. The highest BCUT2D eigenvalue weighted by molar-refractivity contribution is 7.47. The number of ether oxygens (including phenoxy) is 1. The summed E-state index contributed by atoms with van der Waals surface area (Å²) in [7, 11) is -4.35. The van der Waals surface area contributed by atoms with Gasteiger partial charge in [-0.2, -0.15) is 0 Å². The van der Waals surface area contributed by atoms with Crippen molar-refractivity contribution >= 4 is 24.8 Å². The summed E-state index contributed by atoms with van der Waals surface area (Å²) in [6.07, 6.45) is 0.465. The third-order valence-electron chi connectivity index (χ3n) is 5.57. The quantitative estimate of drug-likeness (QED) is 0.301. The van der Waals surface area contributed by atoms with Gasteiger partial charge in [0.25, 0.3) is 5.09 Å². The van der Waals surface area contributed by atoms with Gasteiger partial charge in [0.15, 0.2) is 23.2 Å². The lowest BCUT2D eigenvalue weighted by molar-refractivity contribution is -0.759. The first kappa shape index (κ1) is 20.5. The Balaban J connectivity index is 1.45. The smallest absolute Gasteiger partial charge is 0.391 e. The highest BCUT2D eigenvalue weighted by Crippen LogP contribution is 2.58. The number of hydrogen-bond acceptors (Lipinski definition) is 12. The molecular weight excluding hydrogens is 439 g/mol. The predicted molar refractivity (Wildman–Crippen MR) is 99.0 cm³/mol. The maximum atomic E-state index is 12.0. The molecule has 168 valence electrons. The van der Waals surface area contributed by atoms with E-state index >= 15 is 0 Å². The van der Waals surface area contributed by atoms with Crippen LogP contribution in [0.5, 0.6) is 0 Å². The molecule has 2 aliphatic heterocycles. The predicted octanol–water partition coefficient (Wildman–Crippen LogP) is 0.142. The molecule has 2 saturated heterocycles. The van der Waals surface area contributed by atoms with Crippen molar-refractivity contribution in [2.75, 3.05) is 11.9 Å². The van der Waals surface area contributed by atoms with Crippen LogP contribution in [0.2, 0.25) is 0 Å². The number of aromatic nitrogens is 4. The van der Waals surface area contributed by atoms with E-state index in [4.69, 9.17) is 13.8 Å². The number of imidazole rings is 1. The summed E-state index contributed by atoms with van der Waals surface area (Å²) in [4.78, 5) is 37.4. The molecule has 1 unspecified atom stereocenters. The molecule has 3 fully saturated rings. The molecule has 3 aliphatic rings. The van der Waals surface area contributed by atoms with E-state index in [-0.39, 0.29) is 6.04 Å². The Hall–Kier alpha value is -2.42. The van der Waals surface area contributed by atoms with Crippen LogP contribution in [-0.4, -0.2) is 71.7 Å². The molecule has 2 aromatic heterocycles. The van der Waals surface area contributed by atoms with Gasteiger partial charge < -0.3 is 24.9 Å². The Morgan fingerprint density at radius 2 is 2.13 bits per heavy atom. The zero-order chi connectivity index (χ0) is 21.8. The molecule has 0 radical (unpaired) electrons. The summed E-state index contributed by atoms with van der Waals surface area (Å²) in [5, 5.41) is 22.8. The minimum atomic E-state index is -4.35. The lowest BCUT2D eigenvalue weighted by Gasteiger charge is -2.19. The Morgan fingerprint density at radius 3 is 2.87 bits per heavy atom. The SMILES string of the molecule is O=[N+]([O-])OC[C@H]1O[C@@H](n2cnc3c(N[C@H]4CCC[C@H]4O)ncnc32)[C@@H]2OP(=O)(O)O[C@@H]21. The molecular formula is C15H19N6O9P. The van der Waals surface area contributed by atoms with Crippen LogP contribution >= 0.6 is 7.82 Å². The van der Waals surface area contributed by atoms with E-state index in [0.717, 1.165) is 12.8 Å². The lowest BCUT2D eigenvalue weighted by Crippen LogP contribution is -2.32. The van der Waals surface area contributed by atoms with Crippen molar-refractivity contribution in [3.05, 3.63) is 22.8 Å². The maximum Gasteiger partial charge on any atom is 0.473 e. The first-order chi connectivity index (χ1) is 14.8. The molecule has 7 atom stereocenters. The van der Waals surface area contributed by atoms with Gasteiger partial charge in [-0.25, -0.2) is 19.5 Å². The summed E-state index contributed by atoms with van der Waals surface area (Å²) in [6, 6.07) is -0.161. The topological polar surface area (TPSA) is 193 Å². The minimum absolute atomic E-state index is 0.161. The van der Waals surface area contributed by atoms with Crippen LogP contribution in [0.15, 0.2) is 12.7 Å². The zero-order valence-corrected chi connectivity index (χ0v) is 16.8. The Kier molecular flexibility index (Phi) is 5.03. The second-order valence-corrected chi connectivity index (χ2v) is 8.85. The molecule has 1 aliphatic carbocycles. The van der Waals surface area contributed by atoms with Gasteiger partial charge in [0.2, 0.25) is 0 Å². The second-order valence-electron chi connectivity index (χ2n) is 7.49. The number of anilines is 1. The molecule has 16 heteroatoms. The van der Waals surface area contributed by atoms with Gasteiger partial charge in [0.05, 0.1) is 18.5 Å². The molecule has 15 nitrogen and oxygen atoms in total. The maximum absolute atomic E-state index is 12.0. The molecule has 31 heavy (non-hydrogen) atoms. The van der Waals surface area contributed by atoms with Crippen molar-refractivity contribution in [3.63, 3.8) is 0 Å². The van der Waals surface area contributed by atoms with Gasteiger partial charge in [0.1, 0.15) is 31.2 Å². The van der Waals surface area contributed by atoms with Crippen molar-refractivity contribution < 1.29 is 38.3 Å². The Morgan fingerprint density at radius 1 is 1.32 bits per heavy atom. The number of rotatable bonds is 6. The van der Waals surface area contributed by atoms with Gasteiger partial charge in [-0.3, -0.25) is 13.6 Å². The zero-order valence-electron chi connectivity index (χ0n) is 15.9. The lowest BCUT2D eigenvalue weighted by atomic mass is 10.1. The van der Waals surface area contributed by atoms with E-state index in [1.54, 1.807) is 0 Å². The third-order valence-corrected chi connectivity index (χ3v) is 6.59. The summed E-state index contributed by atoms with van der Waals surface area (Å²) < 4.78 is 29.4. The first-order valence-electron chi connectivity index (χ1n) is 9.57. The molecule has 5 rings (SSSR count).